The van der Waals surface area contributed by atoms with E-state index in [0.29, 0.717) is 12.8 Å². The van der Waals surface area contributed by atoms with Gasteiger partial charge in [-0.05, 0) is 24.3 Å². The molecule has 19 heavy (non-hydrogen) atoms. The predicted molar refractivity (Wildman–Crippen MR) is 67.0 cm³/mol. The Bertz CT molecular complexity index is 432. The lowest BCUT2D eigenvalue weighted by molar-refractivity contribution is -0.140. The maximum atomic E-state index is 13.8. The van der Waals surface area contributed by atoms with Crippen molar-refractivity contribution >= 4 is 0 Å². The Hall–Kier alpha value is -1.10. The molecule has 1 aromatic carbocycles. The smallest absolute Gasteiger partial charge is 0.324 e. The average Bonchev–Trinajstić information content (AvgIpc) is 2.23. The molecule has 2 N–H and O–H groups in total. The molecule has 5 heteroatoms. The van der Waals surface area contributed by atoms with Gasteiger partial charge in [-0.1, -0.05) is 32.9 Å². The molecule has 1 unspecified atom stereocenters. The number of hydrogen-bond acceptors (Lipinski definition) is 1. The van der Waals surface area contributed by atoms with Gasteiger partial charge in [-0.25, -0.2) is 4.39 Å². The van der Waals surface area contributed by atoms with E-state index in [2.05, 4.69) is 0 Å². The van der Waals surface area contributed by atoms with Crippen molar-refractivity contribution < 1.29 is 17.6 Å². The van der Waals surface area contributed by atoms with Crippen LogP contribution < -0.4 is 5.73 Å². The second-order valence-corrected chi connectivity index (χ2v) is 5.91. The van der Waals surface area contributed by atoms with E-state index in [4.69, 9.17) is 5.73 Å². The first-order chi connectivity index (χ1) is 8.52. The van der Waals surface area contributed by atoms with Crippen molar-refractivity contribution in [3.8, 4) is 0 Å². The van der Waals surface area contributed by atoms with Crippen LogP contribution in [-0.4, -0.2) is 0 Å². The van der Waals surface area contributed by atoms with Crippen LogP contribution >= 0.6 is 0 Å². The molecule has 0 fully saturated rings. The maximum absolute atomic E-state index is 13.8. The summed E-state index contributed by atoms with van der Waals surface area (Å²) in [6, 6.07) is 2.52. The molecule has 0 aromatic heterocycles. The zero-order chi connectivity index (χ0) is 14.8. The standard InChI is InChI=1S/C14H19F4N/c1-13(2,3)8-7-11(19)9-5-4-6-10(12(9)15)14(16,17)18/h4-6,11H,7-8,19H2,1-3H3. The molecule has 0 aliphatic heterocycles. The predicted octanol–water partition coefficient (Wildman–Crippen LogP) is 4.67. The van der Waals surface area contributed by atoms with Crippen LogP contribution in [0.15, 0.2) is 18.2 Å². The van der Waals surface area contributed by atoms with Gasteiger partial charge >= 0.3 is 6.18 Å². The van der Waals surface area contributed by atoms with Gasteiger partial charge in [-0.15, -0.1) is 0 Å². The number of rotatable bonds is 3. The van der Waals surface area contributed by atoms with Crippen LogP contribution in [0, 0.1) is 11.2 Å². The molecule has 0 saturated carbocycles. The molecular weight excluding hydrogens is 258 g/mol. The van der Waals surface area contributed by atoms with E-state index in [1.165, 1.54) is 12.1 Å². The van der Waals surface area contributed by atoms with E-state index in [-0.39, 0.29) is 11.0 Å². The number of nitrogens with two attached hydrogens (primary N) is 1. The van der Waals surface area contributed by atoms with Gasteiger partial charge in [-0.2, -0.15) is 13.2 Å². The third kappa shape index (κ3) is 4.49. The van der Waals surface area contributed by atoms with Crippen LogP contribution in [-0.2, 0) is 6.18 Å². The Balaban J connectivity index is 2.96. The molecule has 1 aromatic rings. The zero-order valence-electron chi connectivity index (χ0n) is 11.3. The van der Waals surface area contributed by atoms with Gasteiger partial charge < -0.3 is 5.73 Å². The number of hydrogen-bond donors (Lipinski definition) is 1. The molecule has 1 nitrogen and oxygen atoms in total. The highest BCUT2D eigenvalue weighted by atomic mass is 19.4. The van der Waals surface area contributed by atoms with Crippen LogP contribution in [0.1, 0.15) is 50.8 Å². The monoisotopic (exact) mass is 277 g/mol. The second-order valence-electron chi connectivity index (χ2n) is 5.91. The number of halogens is 4. The van der Waals surface area contributed by atoms with Gasteiger partial charge in [0.1, 0.15) is 5.82 Å². The fourth-order valence-corrected chi connectivity index (χ4v) is 1.80. The van der Waals surface area contributed by atoms with Gasteiger partial charge in [-0.3, -0.25) is 0 Å². The minimum absolute atomic E-state index is 0.00966. The summed E-state index contributed by atoms with van der Waals surface area (Å²) >= 11 is 0. The summed E-state index contributed by atoms with van der Waals surface area (Å²) in [5.41, 5.74) is 4.49. The van der Waals surface area contributed by atoms with E-state index in [1.807, 2.05) is 20.8 Å². The first-order valence-corrected chi connectivity index (χ1v) is 6.13. The molecule has 0 spiro atoms. The van der Waals surface area contributed by atoms with E-state index < -0.39 is 23.6 Å². The van der Waals surface area contributed by atoms with Gasteiger partial charge in [0.2, 0.25) is 0 Å². The molecule has 1 rings (SSSR count). The normalized spacial score (nSPS) is 14.5. The molecule has 0 saturated heterocycles. The fraction of sp³-hybridized carbons (Fsp3) is 0.571. The van der Waals surface area contributed by atoms with E-state index in [0.717, 1.165) is 6.07 Å². The van der Waals surface area contributed by atoms with Crippen molar-refractivity contribution in [1.82, 2.24) is 0 Å². The molecule has 1 atom stereocenters. The quantitative estimate of drug-likeness (QED) is 0.798. The summed E-state index contributed by atoms with van der Waals surface area (Å²) in [4.78, 5) is 0. The first kappa shape index (κ1) is 16.0. The minimum Gasteiger partial charge on any atom is -0.324 e. The highest BCUT2D eigenvalue weighted by Crippen LogP contribution is 2.35. The van der Waals surface area contributed by atoms with Gasteiger partial charge in [0, 0.05) is 11.6 Å². The molecular formula is C14H19F4N. The van der Waals surface area contributed by atoms with E-state index in [9.17, 15) is 17.6 Å². The fourth-order valence-electron chi connectivity index (χ4n) is 1.80. The first-order valence-electron chi connectivity index (χ1n) is 6.13. The lowest BCUT2D eigenvalue weighted by atomic mass is 9.87. The largest absolute Gasteiger partial charge is 0.419 e. The number of alkyl halides is 3. The van der Waals surface area contributed by atoms with Gasteiger partial charge in [0.05, 0.1) is 5.56 Å². The van der Waals surface area contributed by atoms with Crippen molar-refractivity contribution in [2.75, 3.05) is 0 Å². The van der Waals surface area contributed by atoms with Crippen molar-refractivity contribution in [3.05, 3.63) is 35.1 Å². The zero-order valence-corrected chi connectivity index (χ0v) is 11.3. The van der Waals surface area contributed by atoms with Crippen molar-refractivity contribution in [1.29, 1.82) is 0 Å². The highest BCUT2D eigenvalue weighted by molar-refractivity contribution is 5.30. The Morgan fingerprint density at radius 3 is 2.21 bits per heavy atom. The minimum atomic E-state index is -4.69. The molecule has 0 aliphatic carbocycles. The Kier molecular flexibility index (Phi) is 4.61. The lowest BCUT2D eigenvalue weighted by Crippen LogP contribution is -2.18. The van der Waals surface area contributed by atoms with Crippen molar-refractivity contribution in [2.24, 2.45) is 11.1 Å². The van der Waals surface area contributed by atoms with Crippen LogP contribution in [0.25, 0.3) is 0 Å². The maximum Gasteiger partial charge on any atom is 0.419 e. The van der Waals surface area contributed by atoms with Crippen LogP contribution in [0.3, 0.4) is 0 Å². The number of benzene rings is 1. The SMILES string of the molecule is CC(C)(C)CCC(N)c1cccc(C(F)(F)F)c1F. The Morgan fingerprint density at radius 2 is 1.74 bits per heavy atom. The van der Waals surface area contributed by atoms with Crippen LogP contribution in [0.5, 0.6) is 0 Å². The summed E-state index contributed by atoms with van der Waals surface area (Å²) < 4.78 is 51.6. The Morgan fingerprint density at radius 1 is 1.16 bits per heavy atom. The molecule has 0 aliphatic rings. The van der Waals surface area contributed by atoms with Crippen LogP contribution in [0.4, 0.5) is 17.6 Å². The summed E-state index contributed by atoms with van der Waals surface area (Å²) in [6.07, 6.45) is -3.53. The van der Waals surface area contributed by atoms with E-state index >= 15 is 0 Å². The highest BCUT2D eigenvalue weighted by Gasteiger charge is 2.35. The van der Waals surface area contributed by atoms with Gasteiger partial charge in [0.25, 0.3) is 0 Å². The summed E-state index contributed by atoms with van der Waals surface area (Å²) in [5, 5.41) is 0. The van der Waals surface area contributed by atoms with Crippen LogP contribution in [0.2, 0.25) is 0 Å². The molecule has 0 radical (unpaired) electrons. The Labute approximate surface area is 110 Å². The summed E-state index contributed by atoms with van der Waals surface area (Å²) in [7, 11) is 0. The molecule has 0 bridgehead atoms. The third-order valence-corrected chi connectivity index (χ3v) is 2.94. The average molecular weight is 277 g/mol. The van der Waals surface area contributed by atoms with Gasteiger partial charge in [0.15, 0.2) is 0 Å². The lowest BCUT2D eigenvalue weighted by Gasteiger charge is -2.22. The van der Waals surface area contributed by atoms with Crippen molar-refractivity contribution in [2.45, 2.75) is 45.8 Å². The molecule has 0 amide bonds. The molecule has 0 heterocycles. The second kappa shape index (κ2) is 5.49. The topological polar surface area (TPSA) is 26.0 Å². The van der Waals surface area contributed by atoms with Crippen molar-refractivity contribution in [3.63, 3.8) is 0 Å². The van der Waals surface area contributed by atoms with E-state index in [1.54, 1.807) is 0 Å². The molecule has 108 valence electrons. The third-order valence-electron chi connectivity index (χ3n) is 2.94. The summed E-state index contributed by atoms with van der Waals surface area (Å²) in [6.45, 7) is 6.01. The summed E-state index contributed by atoms with van der Waals surface area (Å²) in [5.74, 6) is -1.25.